The second-order valence-corrected chi connectivity index (χ2v) is 6.12. The molecule has 1 aliphatic rings. The van der Waals surface area contributed by atoms with Crippen molar-refractivity contribution < 1.29 is 0 Å². The Kier molecular flexibility index (Phi) is 4.90. The molecule has 1 aromatic heterocycles. The van der Waals surface area contributed by atoms with E-state index in [0.717, 1.165) is 12.4 Å². The van der Waals surface area contributed by atoms with E-state index in [9.17, 15) is 0 Å². The number of imidazole rings is 1. The zero-order chi connectivity index (χ0) is 15.4. The van der Waals surface area contributed by atoms with Gasteiger partial charge in [-0.15, -0.1) is 0 Å². The summed E-state index contributed by atoms with van der Waals surface area (Å²) in [5, 5.41) is 3.85. The van der Waals surface area contributed by atoms with Crippen molar-refractivity contribution >= 4 is 0 Å². The van der Waals surface area contributed by atoms with Gasteiger partial charge in [0.15, 0.2) is 0 Å². The molecule has 3 rings (SSSR count). The van der Waals surface area contributed by atoms with Gasteiger partial charge in [0, 0.05) is 25.5 Å². The lowest BCUT2D eigenvalue weighted by molar-refractivity contribution is 0.201. The lowest BCUT2D eigenvalue weighted by Crippen LogP contribution is -2.44. The predicted octanol–water partition coefficient (Wildman–Crippen LogP) is 2.58. The highest BCUT2D eigenvalue weighted by Gasteiger charge is 2.24. The number of nitrogens with zero attached hydrogens (tertiary/aromatic N) is 3. The highest BCUT2D eigenvalue weighted by molar-refractivity contribution is 5.25. The summed E-state index contributed by atoms with van der Waals surface area (Å²) in [4.78, 5) is 7.10. The van der Waals surface area contributed by atoms with Crippen molar-refractivity contribution in [1.82, 2.24) is 19.8 Å². The van der Waals surface area contributed by atoms with Crippen LogP contribution < -0.4 is 5.32 Å². The Morgan fingerprint density at radius 2 is 1.95 bits per heavy atom. The first-order chi connectivity index (χ1) is 10.8. The Hall–Kier alpha value is -1.65. The first kappa shape index (κ1) is 15.3. The van der Waals surface area contributed by atoms with Crippen LogP contribution in [0.25, 0.3) is 0 Å². The standard InChI is InChI=1S/C18H26N4/c1-3-22-12-9-16(10-13-22)20-17(15-7-5-4-6-8-15)18-19-11-14-21(18)2/h4-8,11,14,16-17,20H,3,9-10,12-13H2,1-2H3/t17-/m1/s1. The van der Waals surface area contributed by atoms with E-state index in [0.29, 0.717) is 6.04 Å². The summed E-state index contributed by atoms with van der Waals surface area (Å²) >= 11 is 0. The Morgan fingerprint density at radius 1 is 1.23 bits per heavy atom. The SMILES string of the molecule is CCN1CCC(N[C@H](c2ccccc2)c2nccn2C)CC1. The van der Waals surface area contributed by atoms with Crippen molar-refractivity contribution in [3.8, 4) is 0 Å². The fourth-order valence-corrected chi connectivity index (χ4v) is 3.27. The van der Waals surface area contributed by atoms with Crippen LogP contribution in [0.1, 0.15) is 37.2 Å². The van der Waals surface area contributed by atoms with Gasteiger partial charge in [0.25, 0.3) is 0 Å². The highest BCUT2D eigenvalue weighted by Crippen LogP contribution is 2.23. The predicted molar refractivity (Wildman–Crippen MR) is 89.8 cm³/mol. The number of benzene rings is 1. The van der Waals surface area contributed by atoms with E-state index in [2.05, 4.69) is 64.1 Å². The summed E-state index contributed by atoms with van der Waals surface area (Å²) in [7, 11) is 2.07. The largest absolute Gasteiger partial charge is 0.336 e. The molecule has 0 radical (unpaired) electrons. The Morgan fingerprint density at radius 3 is 2.55 bits per heavy atom. The van der Waals surface area contributed by atoms with E-state index in [-0.39, 0.29) is 6.04 Å². The maximum atomic E-state index is 4.58. The van der Waals surface area contributed by atoms with Gasteiger partial charge >= 0.3 is 0 Å². The smallest absolute Gasteiger partial charge is 0.130 e. The molecule has 1 N–H and O–H groups in total. The van der Waals surface area contributed by atoms with Crippen LogP contribution in [0.15, 0.2) is 42.7 Å². The summed E-state index contributed by atoms with van der Waals surface area (Å²) in [6, 6.07) is 11.4. The van der Waals surface area contributed by atoms with Gasteiger partial charge in [-0.2, -0.15) is 0 Å². The zero-order valence-corrected chi connectivity index (χ0v) is 13.6. The van der Waals surface area contributed by atoms with Crippen LogP contribution in [0.3, 0.4) is 0 Å². The summed E-state index contributed by atoms with van der Waals surface area (Å²) in [6.45, 7) is 5.79. The van der Waals surface area contributed by atoms with Gasteiger partial charge in [-0.25, -0.2) is 4.98 Å². The van der Waals surface area contributed by atoms with E-state index in [1.807, 2.05) is 12.4 Å². The third-order valence-electron chi connectivity index (χ3n) is 4.69. The summed E-state index contributed by atoms with van der Waals surface area (Å²) in [5.41, 5.74) is 1.29. The quantitative estimate of drug-likeness (QED) is 0.921. The summed E-state index contributed by atoms with van der Waals surface area (Å²) in [5.74, 6) is 1.09. The van der Waals surface area contributed by atoms with Crippen LogP contribution in [-0.4, -0.2) is 40.1 Å². The molecule has 1 aromatic carbocycles. The summed E-state index contributed by atoms with van der Waals surface area (Å²) in [6.07, 6.45) is 6.32. The molecule has 1 saturated heterocycles. The Bertz CT molecular complexity index is 570. The van der Waals surface area contributed by atoms with Crippen LogP contribution in [0.5, 0.6) is 0 Å². The van der Waals surface area contributed by atoms with Gasteiger partial charge in [-0.05, 0) is 38.0 Å². The molecule has 2 aromatic rings. The minimum atomic E-state index is 0.166. The van der Waals surface area contributed by atoms with Gasteiger partial charge in [-0.1, -0.05) is 37.3 Å². The molecule has 118 valence electrons. The second-order valence-electron chi connectivity index (χ2n) is 6.12. The number of hydrogen-bond acceptors (Lipinski definition) is 3. The van der Waals surface area contributed by atoms with Gasteiger partial charge in [0.2, 0.25) is 0 Å². The normalized spacial score (nSPS) is 18.5. The van der Waals surface area contributed by atoms with E-state index < -0.39 is 0 Å². The van der Waals surface area contributed by atoms with Crippen LogP contribution in [-0.2, 0) is 7.05 Å². The molecule has 0 spiro atoms. The second kappa shape index (κ2) is 7.07. The summed E-state index contributed by atoms with van der Waals surface area (Å²) < 4.78 is 2.12. The lowest BCUT2D eigenvalue weighted by Gasteiger charge is -2.34. The molecular weight excluding hydrogens is 272 g/mol. The number of likely N-dealkylation sites (tertiary alicyclic amines) is 1. The topological polar surface area (TPSA) is 33.1 Å². The van der Waals surface area contributed by atoms with Gasteiger partial charge < -0.3 is 14.8 Å². The Balaban J connectivity index is 1.77. The fraction of sp³-hybridized carbons (Fsp3) is 0.500. The van der Waals surface area contributed by atoms with Crippen molar-refractivity contribution in [3.63, 3.8) is 0 Å². The van der Waals surface area contributed by atoms with Crippen LogP contribution in [0.4, 0.5) is 0 Å². The van der Waals surface area contributed by atoms with Crippen molar-refractivity contribution in [2.75, 3.05) is 19.6 Å². The highest BCUT2D eigenvalue weighted by atomic mass is 15.2. The number of hydrogen-bond donors (Lipinski definition) is 1. The third-order valence-corrected chi connectivity index (χ3v) is 4.69. The average molecular weight is 298 g/mol. The average Bonchev–Trinajstić information content (AvgIpc) is 3.00. The van der Waals surface area contributed by atoms with Crippen molar-refractivity contribution in [1.29, 1.82) is 0 Å². The van der Waals surface area contributed by atoms with Crippen LogP contribution in [0, 0.1) is 0 Å². The van der Waals surface area contributed by atoms with E-state index in [1.165, 1.54) is 31.5 Å². The molecule has 0 aliphatic carbocycles. The number of rotatable bonds is 5. The number of aryl methyl sites for hydroxylation is 1. The minimum absolute atomic E-state index is 0.166. The first-order valence-electron chi connectivity index (χ1n) is 8.28. The molecule has 1 aliphatic heterocycles. The molecule has 1 atom stereocenters. The van der Waals surface area contributed by atoms with Gasteiger partial charge in [-0.3, -0.25) is 0 Å². The van der Waals surface area contributed by atoms with Gasteiger partial charge in [0.05, 0.1) is 6.04 Å². The molecular formula is C18H26N4. The molecule has 1 fully saturated rings. The Labute approximate surface area is 133 Å². The van der Waals surface area contributed by atoms with Crippen molar-refractivity contribution in [3.05, 3.63) is 54.1 Å². The minimum Gasteiger partial charge on any atom is -0.336 e. The van der Waals surface area contributed by atoms with E-state index >= 15 is 0 Å². The van der Waals surface area contributed by atoms with Crippen molar-refractivity contribution in [2.24, 2.45) is 7.05 Å². The van der Waals surface area contributed by atoms with Crippen LogP contribution in [0.2, 0.25) is 0 Å². The monoisotopic (exact) mass is 298 g/mol. The molecule has 0 unspecified atom stereocenters. The zero-order valence-electron chi connectivity index (χ0n) is 13.6. The molecule has 0 bridgehead atoms. The van der Waals surface area contributed by atoms with Gasteiger partial charge in [0.1, 0.15) is 5.82 Å². The molecule has 4 nitrogen and oxygen atoms in total. The molecule has 2 heterocycles. The van der Waals surface area contributed by atoms with E-state index in [4.69, 9.17) is 0 Å². The fourth-order valence-electron chi connectivity index (χ4n) is 3.27. The third kappa shape index (κ3) is 3.39. The number of piperidine rings is 1. The lowest BCUT2D eigenvalue weighted by atomic mass is 10.00. The number of aromatic nitrogens is 2. The molecule has 4 heteroatoms. The van der Waals surface area contributed by atoms with E-state index in [1.54, 1.807) is 0 Å². The molecule has 0 amide bonds. The number of nitrogens with one attached hydrogen (secondary N) is 1. The maximum absolute atomic E-state index is 4.58. The van der Waals surface area contributed by atoms with Crippen molar-refractivity contribution in [2.45, 2.75) is 31.8 Å². The molecule has 0 saturated carbocycles. The molecule has 22 heavy (non-hydrogen) atoms. The maximum Gasteiger partial charge on any atom is 0.130 e. The first-order valence-corrected chi connectivity index (χ1v) is 8.28. The van der Waals surface area contributed by atoms with Crippen LogP contribution >= 0.6 is 0 Å².